The molecule has 1 amide bonds. The minimum Gasteiger partial charge on any atom is -0.375 e. The van der Waals surface area contributed by atoms with Crippen LogP contribution in [0.1, 0.15) is 24.5 Å². The van der Waals surface area contributed by atoms with Crippen molar-refractivity contribution in [3.8, 4) is 0 Å². The third kappa shape index (κ3) is 4.54. The van der Waals surface area contributed by atoms with Crippen molar-refractivity contribution in [1.29, 1.82) is 0 Å². The van der Waals surface area contributed by atoms with E-state index in [1.165, 1.54) is 0 Å². The molecule has 0 radical (unpaired) electrons. The van der Waals surface area contributed by atoms with Crippen molar-refractivity contribution in [2.24, 2.45) is 5.92 Å². The number of aromatic nitrogens is 2. The van der Waals surface area contributed by atoms with Crippen LogP contribution in [0.4, 0.5) is 5.95 Å². The van der Waals surface area contributed by atoms with Crippen molar-refractivity contribution in [2.75, 3.05) is 31.6 Å². The molecule has 0 unspecified atom stereocenters. The molecule has 0 saturated carbocycles. The Hall–Kier alpha value is -2.47. The fourth-order valence-electron chi connectivity index (χ4n) is 3.17. The fraction of sp³-hybridized carbons (Fsp3) is 0.421. The lowest BCUT2D eigenvalue weighted by molar-refractivity contribution is -0.125. The summed E-state index contributed by atoms with van der Waals surface area (Å²) in [6, 6.07) is 11.7. The van der Waals surface area contributed by atoms with Gasteiger partial charge in [0.1, 0.15) is 0 Å². The SMILES string of the molecule is CO[C@H](CNC(=O)[C@@H]1CCCN(c2ncccn2)C1)c1ccccc1. The van der Waals surface area contributed by atoms with E-state index in [4.69, 9.17) is 4.74 Å². The first-order chi connectivity index (χ1) is 12.3. The summed E-state index contributed by atoms with van der Waals surface area (Å²) in [5.74, 6) is 0.712. The van der Waals surface area contributed by atoms with Crippen molar-refractivity contribution in [1.82, 2.24) is 15.3 Å². The molecule has 132 valence electrons. The molecule has 25 heavy (non-hydrogen) atoms. The van der Waals surface area contributed by atoms with Gasteiger partial charge in [0.15, 0.2) is 0 Å². The highest BCUT2D eigenvalue weighted by atomic mass is 16.5. The Balaban J connectivity index is 1.55. The van der Waals surface area contributed by atoms with E-state index in [9.17, 15) is 4.79 Å². The maximum Gasteiger partial charge on any atom is 0.225 e. The maximum atomic E-state index is 12.6. The van der Waals surface area contributed by atoms with Crippen molar-refractivity contribution in [2.45, 2.75) is 18.9 Å². The fourth-order valence-corrected chi connectivity index (χ4v) is 3.17. The average Bonchev–Trinajstić information content (AvgIpc) is 2.70. The van der Waals surface area contributed by atoms with Gasteiger partial charge < -0.3 is 15.0 Å². The van der Waals surface area contributed by atoms with Crippen LogP contribution in [0.2, 0.25) is 0 Å². The van der Waals surface area contributed by atoms with Crippen LogP contribution in [0.3, 0.4) is 0 Å². The van der Waals surface area contributed by atoms with E-state index in [1.54, 1.807) is 25.6 Å². The van der Waals surface area contributed by atoms with E-state index in [1.807, 2.05) is 30.3 Å². The number of carbonyl (C=O) groups is 1. The summed E-state index contributed by atoms with van der Waals surface area (Å²) in [6.07, 6.45) is 5.17. The van der Waals surface area contributed by atoms with Crippen LogP contribution in [0.25, 0.3) is 0 Å². The molecule has 1 fully saturated rings. The van der Waals surface area contributed by atoms with Gasteiger partial charge in [0.25, 0.3) is 0 Å². The van der Waals surface area contributed by atoms with E-state index < -0.39 is 0 Å². The quantitative estimate of drug-likeness (QED) is 0.873. The summed E-state index contributed by atoms with van der Waals surface area (Å²) in [7, 11) is 1.67. The second kappa shape index (κ2) is 8.58. The van der Waals surface area contributed by atoms with E-state index in [2.05, 4.69) is 20.2 Å². The van der Waals surface area contributed by atoms with Gasteiger partial charge in [-0.15, -0.1) is 0 Å². The van der Waals surface area contributed by atoms with Crippen LogP contribution in [0.5, 0.6) is 0 Å². The van der Waals surface area contributed by atoms with E-state index in [-0.39, 0.29) is 17.9 Å². The maximum absolute atomic E-state index is 12.6. The highest BCUT2D eigenvalue weighted by Gasteiger charge is 2.27. The Morgan fingerprint density at radius 3 is 2.76 bits per heavy atom. The number of piperidine rings is 1. The van der Waals surface area contributed by atoms with Crippen molar-refractivity contribution in [3.05, 3.63) is 54.4 Å². The molecule has 1 aliphatic rings. The first-order valence-electron chi connectivity index (χ1n) is 8.65. The second-order valence-electron chi connectivity index (χ2n) is 6.21. The average molecular weight is 340 g/mol. The molecule has 6 heteroatoms. The number of benzene rings is 1. The Kier molecular flexibility index (Phi) is 5.95. The molecule has 2 aromatic rings. The summed E-state index contributed by atoms with van der Waals surface area (Å²) in [5.41, 5.74) is 1.06. The van der Waals surface area contributed by atoms with Gasteiger partial charge in [0, 0.05) is 39.1 Å². The number of anilines is 1. The zero-order valence-corrected chi connectivity index (χ0v) is 14.5. The molecule has 1 saturated heterocycles. The molecule has 1 aromatic heterocycles. The number of hydrogen-bond acceptors (Lipinski definition) is 5. The lowest BCUT2D eigenvalue weighted by atomic mass is 9.97. The van der Waals surface area contributed by atoms with E-state index in [0.29, 0.717) is 19.0 Å². The number of carbonyl (C=O) groups excluding carboxylic acids is 1. The molecule has 0 spiro atoms. The van der Waals surface area contributed by atoms with Crippen LogP contribution >= 0.6 is 0 Å². The van der Waals surface area contributed by atoms with Gasteiger partial charge in [-0.05, 0) is 24.5 Å². The number of nitrogens with one attached hydrogen (secondary N) is 1. The summed E-state index contributed by atoms with van der Waals surface area (Å²) < 4.78 is 5.52. The van der Waals surface area contributed by atoms with Gasteiger partial charge in [-0.2, -0.15) is 0 Å². The van der Waals surface area contributed by atoms with Gasteiger partial charge >= 0.3 is 0 Å². The zero-order valence-electron chi connectivity index (χ0n) is 14.5. The summed E-state index contributed by atoms with van der Waals surface area (Å²) in [5, 5.41) is 3.04. The number of nitrogens with zero attached hydrogens (tertiary/aromatic N) is 3. The molecule has 0 aliphatic carbocycles. The number of rotatable bonds is 6. The Morgan fingerprint density at radius 1 is 1.28 bits per heavy atom. The minimum absolute atomic E-state index is 0.0502. The molecule has 0 bridgehead atoms. The van der Waals surface area contributed by atoms with Crippen molar-refractivity contribution >= 4 is 11.9 Å². The first kappa shape index (κ1) is 17.4. The van der Waals surface area contributed by atoms with Gasteiger partial charge in [0.2, 0.25) is 11.9 Å². The summed E-state index contributed by atoms with van der Waals surface area (Å²) in [6.45, 7) is 2.01. The Morgan fingerprint density at radius 2 is 2.04 bits per heavy atom. The molecular weight excluding hydrogens is 316 g/mol. The van der Waals surface area contributed by atoms with E-state index >= 15 is 0 Å². The predicted octanol–water partition coefficient (Wildman–Crippen LogP) is 2.20. The Bertz CT molecular complexity index is 666. The smallest absolute Gasteiger partial charge is 0.225 e. The van der Waals surface area contributed by atoms with Crippen molar-refractivity contribution < 1.29 is 9.53 Å². The molecule has 1 N–H and O–H groups in total. The first-order valence-corrected chi connectivity index (χ1v) is 8.65. The van der Waals surface area contributed by atoms with Gasteiger partial charge in [-0.1, -0.05) is 30.3 Å². The van der Waals surface area contributed by atoms with Crippen LogP contribution in [-0.2, 0) is 9.53 Å². The molecule has 1 aliphatic heterocycles. The predicted molar refractivity (Wildman–Crippen MR) is 96.2 cm³/mol. The molecule has 3 rings (SSSR count). The van der Waals surface area contributed by atoms with Gasteiger partial charge in [-0.3, -0.25) is 4.79 Å². The zero-order chi connectivity index (χ0) is 17.5. The monoisotopic (exact) mass is 340 g/mol. The third-order valence-electron chi connectivity index (χ3n) is 4.54. The van der Waals surface area contributed by atoms with E-state index in [0.717, 1.165) is 24.9 Å². The lowest BCUT2D eigenvalue weighted by Gasteiger charge is -2.32. The summed E-state index contributed by atoms with van der Waals surface area (Å²) >= 11 is 0. The molecule has 1 aromatic carbocycles. The number of ether oxygens (including phenoxy) is 1. The minimum atomic E-state index is -0.137. The molecular formula is C19H24N4O2. The topological polar surface area (TPSA) is 67.3 Å². The largest absolute Gasteiger partial charge is 0.375 e. The van der Waals surface area contributed by atoms with Crippen molar-refractivity contribution in [3.63, 3.8) is 0 Å². The highest BCUT2D eigenvalue weighted by Crippen LogP contribution is 2.21. The Labute approximate surface area is 148 Å². The van der Waals surface area contributed by atoms with Crippen LogP contribution in [-0.4, -0.2) is 42.6 Å². The lowest BCUT2D eigenvalue weighted by Crippen LogP contribution is -2.44. The van der Waals surface area contributed by atoms with Gasteiger partial charge in [0.05, 0.1) is 12.0 Å². The highest BCUT2D eigenvalue weighted by molar-refractivity contribution is 5.79. The standard InChI is InChI=1S/C19H24N4O2/c1-25-17(15-7-3-2-4-8-15)13-22-18(24)16-9-5-12-23(14-16)19-20-10-6-11-21-19/h2-4,6-8,10-11,16-17H,5,9,12-14H2,1H3,(H,22,24)/t16-,17-/m1/s1. The number of methoxy groups -OCH3 is 1. The normalized spacial score (nSPS) is 18.6. The molecule has 6 nitrogen and oxygen atoms in total. The third-order valence-corrected chi connectivity index (χ3v) is 4.54. The number of hydrogen-bond donors (Lipinski definition) is 1. The molecule has 2 heterocycles. The number of amides is 1. The molecule has 2 atom stereocenters. The summed E-state index contributed by atoms with van der Waals surface area (Å²) in [4.78, 5) is 23.2. The van der Waals surface area contributed by atoms with Gasteiger partial charge in [-0.25, -0.2) is 9.97 Å². The van der Waals surface area contributed by atoms with Crippen LogP contribution in [0, 0.1) is 5.92 Å². The second-order valence-corrected chi connectivity index (χ2v) is 6.21. The van der Waals surface area contributed by atoms with Crippen LogP contribution < -0.4 is 10.2 Å². The van der Waals surface area contributed by atoms with Crippen LogP contribution in [0.15, 0.2) is 48.8 Å².